The molecule has 8 rings (SSSR count). The van der Waals surface area contributed by atoms with Crippen LogP contribution < -0.4 is 0 Å². The minimum Gasteiger partial charge on any atom is -0.0616 e. The zero-order chi connectivity index (χ0) is 36.0. The average molecular weight is 518 g/mol. The van der Waals surface area contributed by atoms with E-state index < -0.39 is 36.3 Å². The van der Waals surface area contributed by atoms with E-state index in [4.69, 9.17) is 9.60 Å². The molecular formula is C40H26. The summed E-state index contributed by atoms with van der Waals surface area (Å²) in [5.74, 6) is 0. The van der Waals surface area contributed by atoms with Crippen LogP contribution in [0.3, 0.4) is 0 Å². The Bertz CT molecular complexity index is 2730. The van der Waals surface area contributed by atoms with Crippen molar-refractivity contribution in [3.8, 4) is 33.4 Å². The summed E-state index contributed by atoms with van der Waals surface area (Å²) >= 11 is 0. The zero-order valence-corrected chi connectivity index (χ0v) is 21.2. The average Bonchev–Trinajstić information content (AvgIpc) is 3.14. The van der Waals surface area contributed by atoms with Crippen LogP contribution in [0.4, 0.5) is 0 Å². The molecular weight excluding hydrogens is 480 g/mol. The number of hydrogen-bond donors (Lipinski definition) is 0. The molecule has 0 amide bonds. The van der Waals surface area contributed by atoms with Gasteiger partial charge in [0.2, 0.25) is 0 Å². The number of benzene rings is 8. The molecule has 40 heavy (non-hydrogen) atoms. The van der Waals surface area contributed by atoms with Gasteiger partial charge in [0.1, 0.15) is 0 Å². The maximum atomic E-state index is 9.33. The van der Waals surface area contributed by atoms with Crippen molar-refractivity contribution in [1.82, 2.24) is 0 Å². The molecule has 0 aliphatic heterocycles. The lowest BCUT2D eigenvalue weighted by molar-refractivity contribution is 1.63. The lowest BCUT2D eigenvalue weighted by atomic mass is 9.84. The Morgan fingerprint density at radius 3 is 1.65 bits per heavy atom. The van der Waals surface area contributed by atoms with Crippen molar-refractivity contribution in [2.75, 3.05) is 0 Å². The number of hydrogen-bond acceptors (Lipinski definition) is 0. The van der Waals surface area contributed by atoms with Crippen molar-refractivity contribution in [3.63, 3.8) is 0 Å². The van der Waals surface area contributed by atoms with E-state index in [9.17, 15) is 5.48 Å². The topological polar surface area (TPSA) is 0 Å². The van der Waals surface area contributed by atoms with Crippen LogP contribution >= 0.6 is 0 Å². The summed E-state index contributed by atoms with van der Waals surface area (Å²) < 4.78 is 97.8. The fourth-order valence-electron chi connectivity index (χ4n) is 5.59. The van der Waals surface area contributed by atoms with Gasteiger partial charge in [-0.15, -0.1) is 0 Å². The summed E-state index contributed by atoms with van der Waals surface area (Å²) in [5.41, 5.74) is 1.75. The molecule has 0 radical (unpaired) electrons. The molecule has 0 unspecified atom stereocenters. The van der Waals surface area contributed by atoms with E-state index >= 15 is 0 Å². The smallest absolute Gasteiger partial charge is 0.0616 e. The molecule has 0 spiro atoms. The van der Waals surface area contributed by atoms with Crippen LogP contribution in [-0.2, 0) is 0 Å². The minimum atomic E-state index is -0.537. The highest BCUT2D eigenvalue weighted by atomic mass is 14.2. The summed E-state index contributed by atoms with van der Waals surface area (Å²) in [7, 11) is 0. The second-order valence-corrected chi connectivity index (χ2v) is 9.65. The number of fused-ring (bicyclic) bond motifs is 4. The second-order valence-electron chi connectivity index (χ2n) is 9.65. The maximum Gasteiger partial charge on any atom is 0.0629 e. The van der Waals surface area contributed by atoms with Crippen LogP contribution in [0.25, 0.3) is 76.5 Å². The van der Waals surface area contributed by atoms with Gasteiger partial charge in [0.05, 0.1) is 15.1 Å². The highest BCUT2D eigenvalue weighted by Gasteiger charge is 2.17. The Morgan fingerprint density at radius 1 is 0.350 bits per heavy atom. The third-order valence-corrected chi connectivity index (χ3v) is 7.41. The van der Waals surface area contributed by atoms with Crippen molar-refractivity contribution in [2.24, 2.45) is 0 Å². The first-order chi connectivity index (χ1) is 24.4. The molecule has 0 aromatic heterocycles. The molecule has 0 saturated heterocycles. The molecule has 0 N–H and O–H groups in total. The fraction of sp³-hybridized carbons (Fsp3) is 0. The van der Waals surface area contributed by atoms with Crippen LogP contribution in [0.15, 0.2) is 157 Å². The third kappa shape index (κ3) is 3.61. The van der Waals surface area contributed by atoms with E-state index in [0.29, 0.717) is 38.2 Å². The van der Waals surface area contributed by atoms with Gasteiger partial charge in [-0.1, -0.05) is 151 Å². The van der Waals surface area contributed by atoms with E-state index in [-0.39, 0.29) is 57.7 Å². The Hall–Kier alpha value is -5.20. The van der Waals surface area contributed by atoms with Gasteiger partial charge in [-0.05, 0) is 82.5 Å². The molecule has 0 saturated carbocycles. The summed E-state index contributed by atoms with van der Waals surface area (Å²) in [6.07, 6.45) is 0. The van der Waals surface area contributed by atoms with Gasteiger partial charge in [-0.25, -0.2) is 0 Å². The van der Waals surface area contributed by atoms with Crippen LogP contribution in [0.2, 0.25) is 0 Å². The van der Waals surface area contributed by atoms with Crippen LogP contribution in [0.1, 0.15) is 15.1 Å². The standard InChI is InChI=1S/C40H26/c1-2-12-31-26-32(25-22-27(31)10-1)28-20-23-30(24-21-28)39-35-15-5-7-17-37(35)40(38-18-8-6-16-36(38)39)34-19-9-13-29-11-3-4-14-33(29)34/h1-26H/i3D,4D,9D,11D,13D,14D,19D,20D,21D,23D,24D. The van der Waals surface area contributed by atoms with E-state index in [0.717, 1.165) is 10.8 Å². The zero-order valence-electron chi connectivity index (χ0n) is 32.2. The Labute approximate surface area is 249 Å². The monoisotopic (exact) mass is 517 g/mol. The summed E-state index contributed by atoms with van der Waals surface area (Å²) in [6, 6.07) is 23.4. The quantitative estimate of drug-likeness (QED) is 0.204. The van der Waals surface area contributed by atoms with Gasteiger partial charge < -0.3 is 0 Å². The van der Waals surface area contributed by atoms with Gasteiger partial charge in [-0.2, -0.15) is 0 Å². The minimum absolute atomic E-state index is 0.0426. The van der Waals surface area contributed by atoms with Crippen molar-refractivity contribution in [1.29, 1.82) is 0 Å². The highest BCUT2D eigenvalue weighted by Crippen LogP contribution is 2.45. The first-order valence-electron chi connectivity index (χ1n) is 18.5. The largest absolute Gasteiger partial charge is 0.0629 e. The third-order valence-electron chi connectivity index (χ3n) is 7.41. The lowest BCUT2D eigenvalue weighted by Crippen LogP contribution is -1.91. The van der Waals surface area contributed by atoms with Crippen LogP contribution in [0.5, 0.6) is 0 Å². The molecule has 186 valence electrons. The molecule has 0 aliphatic rings. The normalized spacial score (nSPS) is 15.3. The van der Waals surface area contributed by atoms with Gasteiger partial charge >= 0.3 is 0 Å². The molecule has 0 aliphatic carbocycles. The van der Waals surface area contributed by atoms with Crippen molar-refractivity contribution < 1.29 is 15.1 Å². The van der Waals surface area contributed by atoms with Gasteiger partial charge in [0, 0.05) is 0 Å². The summed E-state index contributed by atoms with van der Waals surface area (Å²) in [4.78, 5) is 0. The van der Waals surface area contributed by atoms with E-state index in [1.165, 1.54) is 0 Å². The predicted molar refractivity (Wildman–Crippen MR) is 173 cm³/mol. The Morgan fingerprint density at radius 2 is 0.925 bits per heavy atom. The highest BCUT2D eigenvalue weighted by molar-refractivity contribution is 6.23. The molecule has 8 aromatic carbocycles. The molecule has 0 heteroatoms. The Kier molecular flexibility index (Phi) is 3.29. The van der Waals surface area contributed by atoms with E-state index in [2.05, 4.69) is 0 Å². The Balaban J connectivity index is 1.52. The second kappa shape index (κ2) is 9.22. The summed E-state index contributed by atoms with van der Waals surface area (Å²) in [6.45, 7) is 0. The molecule has 0 atom stereocenters. The fourth-order valence-corrected chi connectivity index (χ4v) is 5.59. The van der Waals surface area contributed by atoms with Crippen molar-refractivity contribution in [3.05, 3.63) is 157 Å². The van der Waals surface area contributed by atoms with Crippen molar-refractivity contribution >= 4 is 43.1 Å². The molecule has 8 aromatic rings. The predicted octanol–water partition coefficient (Wildman–Crippen LogP) is 11.3. The lowest BCUT2D eigenvalue weighted by Gasteiger charge is -2.19. The molecule has 0 heterocycles. The van der Waals surface area contributed by atoms with E-state index in [1.807, 2.05) is 36.4 Å². The van der Waals surface area contributed by atoms with Gasteiger partial charge in [0.25, 0.3) is 0 Å². The van der Waals surface area contributed by atoms with Crippen LogP contribution in [-0.4, -0.2) is 0 Å². The van der Waals surface area contributed by atoms with Crippen LogP contribution in [0, 0.1) is 0 Å². The first-order valence-corrected chi connectivity index (χ1v) is 13.0. The number of rotatable bonds is 3. The maximum absolute atomic E-state index is 9.33. The van der Waals surface area contributed by atoms with E-state index in [1.54, 1.807) is 54.6 Å². The first kappa shape index (κ1) is 14.3. The van der Waals surface area contributed by atoms with Gasteiger partial charge in [0.15, 0.2) is 0 Å². The summed E-state index contributed by atoms with van der Waals surface area (Å²) in [5, 5.41) is 3.78. The molecule has 0 fully saturated rings. The SMILES string of the molecule is [2H]c1c([2H])c(-c2c3ccccc3c(-c3c([2H])c([2H])c([2H])c4c([2H])c([2H])c([2H])c([2H])c34)c3ccccc23)c([2H])c([2H])c1-c1ccc2ccccc2c1. The molecule has 0 bridgehead atoms. The van der Waals surface area contributed by atoms with Crippen molar-refractivity contribution in [2.45, 2.75) is 0 Å². The molecule has 0 nitrogen and oxygen atoms in total. The van der Waals surface area contributed by atoms with Gasteiger partial charge in [-0.3, -0.25) is 0 Å².